The number of nitrogens with zero attached hydrogens (tertiary/aromatic N) is 2. The van der Waals surface area contributed by atoms with Gasteiger partial charge in [0.1, 0.15) is 0 Å². The van der Waals surface area contributed by atoms with Crippen LogP contribution in [0.3, 0.4) is 0 Å². The largest absolute Gasteiger partial charge is 3.00 e. The molecule has 1 aromatic heterocycles. The molecule has 1 aromatic carbocycles. The molecule has 3 nitrogen and oxygen atoms in total. The Morgan fingerprint density at radius 1 is 0.862 bits per heavy atom. The predicted molar refractivity (Wildman–Crippen MR) is 120 cm³/mol. The van der Waals surface area contributed by atoms with Crippen LogP contribution in [0.4, 0.5) is 0 Å². The van der Waals surface area contributed by atoms with Crippen molar-refractivity contribution in [2.75, 3.05) is 0 Å². The van der Waals surface area contributed by atoms with E-state index in [2.05, 4.69) is 103 Å². The molecule has 0 N–H and O–H groups in total. The topological polar surface area (TPSA) is 19.6 Å². The second-order valence-electron chi connectivity index (χ2n) is 8.14. The first-order valence-corrected chi connectivity index (χ1v) is 10.2. The molecule has 0 bridgehead atoms. The Hall–Kier alpha value is -1.51. The molecule has 1 aliphatic rings. The summed E-state index contributed by atoms with van der Waals surface area (Å²) in [6.45, 7) is 26.5. The van der Waals surface area contributed by atoms with E-state index in [-0.39, 0.29) is 17.1 Å². The summed E-state index contributed by atoms with van der Waals surface area (Å²) in [5, 5.41) is 0. The summed E-state index contributed by atoms with van der Waals surface area (Å²) in [6, 6.07) is 4.59. The molecule has 1 radical (unpaired) electrons. The van der Waals surface area contributed by atoms with Gasteiger partial charge in [0.05, 0.1) is 0 Å². The summed E-state index contributed by atoms with van der Waals surface area (Å²) in [4.78, 5) is 4.66. The van der Waals surface area contributed by atoms with E-state index in [0.29, 0.717) is 12.1 Å². The first-order valence-electron chi connectivity index (χ1n) is 10.2. The summed E-state index contributed by atoms with van der Waals surface area (Å²) in [6.07, 6.45) is 4.06. The van der Waals surface area contributed by atoms with Crippen molar-refractivity contribution < 1.29 is 21.5 Å². The van der Waals surface area contributed by atoms with Gasteiger partial charge in [0, 0.05) is 0 Å². The minimum absolute atomic E-state index is 0. The van der Waals surface area contributed by atoms with Gasteiger partial charge in [-0.15, -0.1) is 6.07 Å². The summed E-state index contributed by atoms with van der Waals surface area (Å²) >= 11 is 0. The fourth-order valence-corrected chi connectivity index (χ4v) is 3.32. The molecule has 0 aliphatic carbocycles. The molecule has 2 heterocycles. The Morgan fingerprint density at radius 2 is 1.28 bits per heavy atom. The van der Waals surface area contributed by atoms with Crippen molar-refractivity contribution in [2.45, 2.75) is 88.2 Å². The molecule has 1 aliphatic heterocycles. The van der Waals surface area contributed by atoms with Crippen LogP contribution >= 0.6 is 0 Å². The van der Waals surface area contributed by atoms with Gasteiger partial charge in [-0.2, -0.15) is 40.6 Å². The molecule has 163 valence electrons. The summed E-state index contributed by atoms with van der Waals surface area (Å²) in [7, 11) is 0. The van der Waals surface area contributed by atoms with Gasteiger partial charge < -0.3 is 14.2 Å². The van der Waals surface area contributed by atoms with E-state index < -0.39 is 0 Å². The SMILES string of the molecule is CC1=C(C)N(C(C)C)[CH-]N1C(C)C.Cc1c(C)c(C)[c-](C)c1C.[Fe+3].[c-]1ccco1. The van der Waals surface area contributed by atoms with Crippen LogP contribution in [0.25, 0.3) is 0 Å². The molecule has 2 aromatic rings. The maximum atomic E-state index is 4.46. The van der Waals surface area contributed by atoms with Crippen molar-refractivity contribution in [3.8, 4) is 0 Å². The van der Waals surface area contributed by atoms with Crippen LogP contribution in [0.5, 0.6) is 0 Å². The van der Waals surface area contributed by atoms with Crippen molar-refractivity contribution >= 4 is 0 Å². The van der Waals surface area contributed by atoms with Crippen molar-refractivity contribution in [3.05, 3.63) is 70.5 Å². The van der Waals surface area contributed by atoms with Crippen LogP contribution in [-0.4, -0.2) is 21.9 Å². The van der Waals surface area contributed by atoms with Crippen LogP contribution < -0.4 is 0 Å². The first kappa shape index (κ1) is 27.5. The molecule has 0 fully saturated rings. The second-order valence-corrected chi connectivity index (χ2v) is 8.14. The van der Waals surface area contributed by atoms with Gasteiger partial charge in [-0.1, -0.05) is 40.9 Å². The Bertz CT molecular complexity index is 635. The van der Waals surface area contributed by atoms with Crippen LogP contribution in [0, 0.1) is 47.6 Å². The zero-order chi connectivity index (χ0) is 21.6. The fourth-order valence-electron chi connectivity index (χ4n) is 3.32. The fraction of sp³-hybridized carbons (Fsp3) is 0.520. The molecular formula is C25H39FeN2O. The van der Waals surface area contributed by atoms with Crippen LogP contribution in [-0.2, 0) is 17.1 Å². The molecule has 0 saturated heterocycles. The molecular weight excluding hydrogens is 400 g/mol. The molecule has 0 spiro atoms. The maximum absolute atomic E-state index is 4.46. The van der Waals surface area contributed by atoms with Gasteiger partial charge in [0.2, 0.25) is 0 Å². The third-order valence-corrected chi connectivity index (χ3v) is 5.85. The van der Waals surface area contributed by atoms with E-state index in [1.165, 1.54) is 39.2 Å². The van der Waals surface area contributed by atoms with Gasteiger partial charge in [0.25, 0.3) is 0 Å². The Kier molecular flexibility index (Phi) is 11.6. The molecule has 0 amide bonds. The monoisotopic (exact) mass is 439 g/mol. The number of hydrogen-bond acceptors (Lipinski definition) is 3. The van der Waals surface area contributed by atoms with Gasteiger partial charge in [0.15, 0.2) is 0 Å². The zero-order valence-corrected chi connectivity index (χ0v) is 21.2. The van der Waals surface area contributed by atoms with Crippen LogP contribution in [0.2, 0.25) is 0 Å². The van der Waals surface area contributed by atoms with Crippen molar-refractivity contribution in [1.29, 1.82) is 0 Å². The van der Waals surface area contributed by atoms with Crippen molar-refractivity contribution in [1.82, 2.24) is 9.80 Å². The number of rotatable bonds is 2. The van der Waals surface area contributed by atoms with E-state index in [0.717, 1.165) is 0 Å². The minimum atomic E-state index is 0. The van der Waals surface area contributed by atoms with E-state index in [1.807, 2.05) is 0 Å². The third-order valence-electron chi connectivity index (χ3n) is 5.85. The summed E-state index contributed by atoms with van der Waals surface area (Å²) in [5.41, 5.74) is 10.1. The third kappa shape index (κ3) is 7.04. The number of allylic oxidation sites excluding steroid dienone is 2. The molecule has 3 rings (SSSR count). The first-order chi connectivity index (χ1) is 13.0. The average molecular weight is 439 g/mol. The van der Waals surface area contributed by atoms with Gasteiger partial charge in [-0.25, -0.2) is 0 Å². The standard InChI is InChI=1S/C11H21N2.C10H15.C4H3O.Fe/c1-8(2)12-7-13(9(3)4)11(6)10(12)5;1-6-7(2)9(4)10(5)8(6)3;1-2-4-5-3-1;/h7-9H,1-6H3;1-5H3;1-3H;/q3*-1;+3. The van der Waals surface area contributed by atoms with Crippen molar-refractivity contribution in [2.24, 2.45) is 0 Å². The van der Waals surface area contributed by atoms with Gasteiger partial charge in [-0.3, -0.25) is 0 Å². The molecule has 0 saturated carbocycles. The summed E-state index contributed by atoms with van der Waals surface area (Å²) < 4.78 is 4.46. The average Bonchev–Trinajstić information content (AvgIpc) is 3.35. The smallest absolute Gasteiger partial charge is 0.599 e. The minimum Gasteiger partial charge on any atom is -0.599 e. The van der Waals surface area contributed by atoms with Gasteiger partial charge in [-0.05, 0) is 71.3 Å². The van der Waals surface area contributed by atoms with Crippen LogP contribution in [0.1, 0.15) is 69.4 Å². The Balaban J connectivity index is 0.000000433. The zero-order valence-electron chi connectivity index (χ0n) is 20.1. The van der Waals surface area contributed by atoms with E-state index in [9.17, 15) is 0 Å². The molecule has 0 unspecified atom stereocenters. The van der Waals surface area contributed by atoms with E-state index in [1.54, 1.807) is 18.4 Å². The van der Waals surface area contributed by atoms with E-state index >= 15 is 0 Å². The van der Waals surface area contributed by atoms with Gasteiger partial charge >= 0.3 is 17.1 Å². The quantitative estimate of drug-likeness (QED) is 0.378. The maximum Gasteiger partial charge on any atom is 3.00 e. The Morgan fingerprint density at radius 3 is 1.41 bits per heavy atom. The molecule has 29 heavy (non-hydrogen) atoms. The predicted octanol–water partition coefficient (Wildman–Crippen LogP) is 6.82. The Labute approximate surface area is 190 Å². The van der Waals surface area contributed by atoms with Crippen LogP contribution in [0.15, 0.2) is 34.2 Å². The molecule has 4 heteroatoms. The van der Waals surface area contributed by atoms with Crippen molar-refractivity contribution in [3.63, 3.8) is 0 Å². The number of hydrogen-bond donors (Lipinski definition) is 0. The summed E-state index contributed by atoms with van der Waals surface area (Å²) in [5.74, 6) is 0. The molecule has 0 atom stereocenters. The number of furan rings is 1. The normalized spacial score (nSPS) is 13.3. The van der Waals surface area contributed by atoms with E-state index in [4.69, 9.17) is 0 Å². The second kappa shape index (κ2) is 12.2.